The molecule has 1 aliphatic heterocycles. The minimum atomic E-state index is -0.234. The molecule has 1 aromatic heterocycles. The van der Waals surface area contributed by atoms with Crippen LogP contribution in [0.4, 0.5) is 5.69 Å². The van der Waals surface area contributed by atoms with Crippen molar-refractivity contribution in [3.63, 3.8) is 0 Å². The molecule has 0 saturated carbocycles. The number of hydrogen-bond acceptors (Lipinski definition) is 4. The summed E-state index contributed by atoms with van der Waals surface area (Å²) in [7, 11) is 0. The van der Waals surface area contributed by atoms with Gasteiger partial charge in [-0.1, -0.05) is 31.5 Å². The number of nitrogens with zero attached hydrogens (tertiary/aromatic N) is 3. The van der Waals surface area contributed by atoms with E-state index in [1.807, 2.05) is 61.7 Å². The molecule has 0 unspecified atom stereocenters. The number of nitrogens with one attached hydrogen (secondary N) is 1. The predicted molar refractivity (Wildman–Crippen MR) is 135 cm³/mol. The number of hydrogen-bond donors (Lipinski definition) is 1. The molecule has 4 rings (SSSR count). The molecule has 2 aromatic carbocycles. The molecule has 0 spiro atoms. The Morgan fingerprint density at radius 2 is 1.88 bits per heavy atom. The van der Waals surface area contributed by atoms with E-state index in [1.54, 1.807) is 29.1 Å². The van der Waals surface area contributed by atoms with Crippen molar-refractivity contribution < 1.29 is 9.59 Å². The van der Waals surface area contributed by atoms with Crippen molar-refractivity contribution >= 4 is 40.9 Å². The van der Waals surface area contributed by atoms with Gasteiger partial charge in [0, 0.05) is 40.9 Å². The van der Waals surface area contributed by atoms with Gasteiger partial charge in [-0.3, -0.25) is 9.59 Å². The van der Waals surface area contributed by atoms with Gasteiger partial charge in [0.05, 0.1) is 23.1 Å². The van der Waals surface area contributed by atoms with Crippen LogP contribution in [-0.2, 0) is 0 Å². The van der Waals surface area contributed by atoms with Crippen LogP contribution in [-0.4, -0.2) is 51.1 Å². The van der Waals surface area contributed by atoms with E-state index in [9.17, 15) is 9.59 Å². The van der Waals surface area contributed by atoms with Gasteiger partial charge < -0.3 is 10.2 Å². The molecule has 2 amide bonds. The van der Waals surface area contributed by atoms with Crippen molar-refractivity contribution in [3.05, 3.63) is 76.1 Å². The van der Waals surface area contributed by atoms with Crippen LogP contribution in [0.2, 0.25) is 5.02 Å². The topological polar surface area (TPSA) is 67.2 Å². The first-order chi connectivity index (χ1) is 15.8. The zero-order valence-corrected chi connectivity index (χ0v) is 20.5. The van der Waals surface area contributed by atoms with E-state index in [1.165, 1.54) is 0 Å². The number of aromatic nitrogens is 2. The maximum absolute atomic E-state index is 13.2. The molecule has 172 valence electrons. The highest BCUT2D eigenvalue weighted by molar-refractivity contribution is 7.99. The Kier molecular flexibility index (Phi) is 7.10. The normalized spacial score (nSPS) is 13.9. The number of amides is 2. The van der Waals surface area contributed by atoms with Gasteiger partial charge in [-0.15, -0.1) is 0 Å². The molecular formula is C25H27ClN4O2S. The van der Waals surface area contributed by atoms with Crippen molar-refractivity contribution in [1.82, 2.24) is 14.7 Å². The molecule has 3 aromatic rings. The molecule has 1 aliphatic rings. The summed E-state index contributed by atoms with van der Waals surface area (Å²) in [6.45, 7) is 7.50. The minimum absolute atomic E-state index is 0.0427. The van der Waals surface area contributed by atoms with Crippen molar-refractivity contribution in [2.45, 2.75) is 26.7 Å². The smallest absolute Gasteiger partial charge is 0.259 e. The van der Waals surface area contributed by atoms with E-state index >= 15 is 0 Å². The molecule has 1 N–H and O–H groups in total. The molecule has 1 fully saturated rings. The number of anilines is 1. The summed E-state index contributed by atoms with van der Waals surface area (Å²) < 4.78 is 1.76. The summed E-state index contributed by atoms with van der Waals surface area (Å²) in [6, 6.07) is 12.8. The van der Waals surface area contributed by atoms with Crippen LogP contribution in [0.1, 0.15) is 51.7 Å². The van der Waals surface area contributed by atoms with Crippen LogP contribution in [0.3, 0.4) is 0 Å². The average molecular weight is 483 g/mol. The first-order valence-electron chi connectivity index (χ1n) is 11.0. The van der Waals surface area contributed by atoms with Gasteiger partial charge >= 0.3 is 0 Å². The van der Waals surface area contributed by atoms with Crippen LogP contribution in [0, 0.1) is 6.92 Å². The second-order valence-electron chi connectivity index (χ2n) is 8.38. The molecule has 1 saturated heterocycles. The van der Waals surface area contributed by atoms with Crippen LogP contribution in [0.25, 0.3) is 5.69 Å². The van der Waals surface area contributed by atoms with Gasteiger partial charge in [0.15, 0.2) is 0 Å². The SMILES string of the molecule is Cc1cc(C(=O)N2CCSCC2)ccc1NC(=O)c1cnn(-c2cccc(Cl)c2)c1C(C)C. The van der Waals surface area contributed by atoms with Crippen molar-refractivity contribution in [2.24, 2.45) is 0 Å². The minimum Gasteiger partial charge on any atom is -0.337 e. The standard InChI is InChI=1S/C25H27ClN4O2S/c1-16(2)23-21(15-27-30(23)20-6-4-5-19(26)14-20)24(31)28-22-8-7-18(13-17(22)3)25(32)29-9-11-33-12-10-29/h4-8,13-16H,9-12H2,1-3H3,(H,28,31). The number of carbonyl (C=O) groups is 2. The van der Waals surface area contributed by atoms with E-state index in [2.05, 4.69) is 10.4 Å². The summed E-state index contributed by atoms with van der Waals surface area (Å²) >= 11 is 8.03. The zero-order valence-electron chi connectivity index (χ0n) is 19.0. The van der Waals surface area contributed by atoms with E-state index in [0.717, 1.165) is 41.5 Å². The van der Waals surface area contributed by atoms with Crippen molar-refractivity contribution in [3.8, 4) is 5.69 Å². The Hall–Kier alpha value is -2.77. The molecule has 0 radical (unpaired) electrons. The third-order valence-electron chi connectivity index (χ3n) is 5.67. The lowest BCUT2D eigenvalue weighted by molar-refractivity contribution is 0.0772. The lowest BCUT2D eigenvalue weighted by atomic mass is 10.0. The first-order valence-corrected chi connectivity index (χ1v) is 12.5. The largest absolute Gasteiger partial charge is 0.337 e. The number of halogens is 1. The third-order valence-corrected chi connectivity index (χ3v) is 6.85. The number of aryl methyl sites for hydroxylation is 1. The number of rotatable bonds is 5. The number of thioether (sulfide) groups is 1. The highest BCUT2D eigenvalue weighted by atomic mass is 35.5. The molecule has 8 heteroatoms. The lowest BCUT2D eigenvalue weighted by Gasteiger charge is -2.26. The second-order valence-corrected chi connectivity index (χ2v) is 10.0. The Morgan fingerprint density at radius 3 is 2.55 bits per heavy atom. The van der Waals surface area contributed by atoms with Crippen LogP contribution >= 0.6 is 23.4 Å². The van der Waals surface area contributed by atoms with Gasteiger partial charge in [-0.05, 0) is 54.8 Å². The fourth-order valence-corrected chi connectivity index (χ4v) is 5.07. The Labute approximate surface area is 203 Å². The Balaban J connectivity index is 1.56. The Bertz CT molecular complexity index is 1180. The monoisotopic (exact) mass is 482 g/mol. The molecule has 6 nitrogen and oxygen atoms in total. The van der Waals surface area contributed by atoms with Gasteiger partial charge in [0.2, 0.25) is 0 Å². The summed E-state index contributed by atoms with van der Waals surface area (Å²) in [6.07, 6.45) is 1.59. The van der Waals surface area contributed by atoms with Crippen LogP contribution < -0.4 is 5.32 Å². The average Bonchev–Trinajstić information content (AvgIpc) is 3.26. The third kappa shape index (κ3) is 5.09. The molecule has 0 aliphatic carbocycles. The molecule has 0 atom stereocenters. The summed E-state index contributed by atoms with van der Waals surface area (Å²) in [4.78, 5) is 27.9. The van der Waals surface area contributed by atoms with Gasteiger partial charge in [-0.25, -0.2) is 4.68 Å². The maximum atomic E-state index is 13.2. The summed E-state index contributed by atoms with van der Waals surface area (Å²) in [5.41, 5.74) is 4.29. The maximum Gasteiger partial charge on any atom is 0.259 e. The van der Waals surface area contributed by atoms with Gasteiger partial charge in [0.1, 0.15) is 0 Å². The molecule has 33 heavy (non-hydrogen) atoms. The van der Waals surface area contributed by atoms with E-state index in [0.29, 0.717) is 21.8 Å². The zero-order chi connectivity index (χ0) is 23.5. The van der Waals surface area contributed by atoms with E-state index in [4.69, 9.17) is 11.6 Å². The summed E-state index contributed by atoms with van der Waals surface area (Å²) in [5, 5.41) is 8.07. The highest BCUT2D eigenvalue weighted by Gasteiger charge is 2.23. The van der Waals surface area contributed by atoms with Crippen molar-refractivity contribution in [2.75, 3.05) is 29.9 Å². The molecular weight excluding hydrogens is 456 g/mol. The summed E-state index contributed by atoms with van der Waals surface area (Å²) in [5.74, 6) is 1.82. The van der Waals surface area contributed by atoms with Crippen molar-refractivity contribution in [1.29, 1.82) is 0 Å². The van der Waals surface area contributed by atoms with Gasteiger partial charge in [0.25, 0.3) is 11.8 Å². The van der Waals surface area contributed by atoms with Crippen LogP contribution in [0.5, 0.6) is 0 Å². The fourth-order valence-electron chi connectivity index (χ4n) is 3.98. The second kappa shape index (κ2) is 10.0. The quantitative estimate of drug-likeness (QED) is 0.528. The highest BCUT2D eigenvalue weighted by Crippen LogP contribution is 2.26. The van der Waals surface area contributed by atoms with E-state index in [-0.39, 0.29) is 17.7 Å². The van der Waals surface area contributed by atoms with E-state index < -0.39 is 0 Å². The molecule has 2 heterocycles. The Morgan fingerprint density at radius 1 is 1.12 bits per heavy atom. The number of benzene rings is 2. The first kappa shape index (κ1) is 23.4. The van der Waals surface area contributed by atoms with Crippen LogP contribution in [0.15, 0.2) is 48.7 Å². The fraction of sp³-hybridized carbons (Fsp3) is 0.320. The molecule has 0 bridgehead atoms. The lowest BCUT2D eigenvalue weighted by Crippen LogP contribution is -2.37. The van der Waals surface area contributed by atoms with Gasteiger partial charge in [-0.2, -0.15) is 16.9 Å². The predicted octanol–water partition coefficient (Wildman–Crippen LogP) is 5.40. The number of carbonyl (C=O) groups excluding carboxylic acids is 2.